The van der Waals surface area contributed by atoms with Gasteiger partial charge in [0.2, 0.25) is 0 Å². The van der Waals surface area contributed by atoms with Gasteiger partial charge in [-0.2, -0.15) is 0 Å². The van der Waals surface area contributed by atoms with Crippen LogP contribution in [0, 0.1) is 11.8 Å². The van der Waals surface area contributed by atoms with E-state index < -0.39 is 0 Å². The fourth-order valence-corrected chi connectivity index (χ4v) is 3.92. The zero-order chi connectivity index (χ0) is 16.5. The van der Waals surface area contributed by atoms with Crippen molar-refractivity contribution in [1.29, 1.82) is 0 Å². The summed E-state index contributed by atoms with van der Waals surface area (Å²) in [7, 11) is 1.69. The lowest BCUT2D eigenvalue weighted by molar-refractivity contribution is 0.253. The predicted octanol–water partition coefficient (Wildman–Crippen LogP) is 3.49. The van der Waals surface area contributed by atoms with Gasteiger partial charge in [0.05, 0.1) is 18.7 Å². The molecule has 24 heavy (non-hydrogen) atoms. The van der Waals surface area contributed by atoms with Crippen LogP contribution in [0.4, 0.5) is 0 Å². The van der Waals surface area contributed by atoms with E-state index in [1.54, 1.807) is 7.11 Å². The number of ether oxygens (including phenoxy) is 2. The number of rotatable bonds is 5. The number of nitrogens with zero attached hydrogens (tertiary/aromatic N) is 1. The number of fused-ring (bicyclic) bond motifs is 1. The third-order valence-electron chi connectivity index (χ3n) is 5.39. The van der Waals surface area contributed by atoms with E-state index >= 15 is 0 Å². The Morgan fingerprint density at radius 3 is 3.17 bits per heavy atom. The first-order valence-electron chi connectivity index (χ1n) is 8.71. The second kappa shape index (κ2) is 6.54. The van der Waals surface area contributed by atoms with Crippen LogP contribution in [0.15, 0.2) is 43.1 Å². The predicted molar refractivity (Wildman–Crippen MR) is 95.2 cm³/mol. The van der Waals surface area contributed by atoms with E-state index in [-0.39, 0.29) is 6.10 Å². The molecule has 126 valence electrons. The lowest BCUT2D eigenvalue weighted by atomic mass is 9.82. The quantitative estimate of drug-likeness (QED) is 0.675. The molecule has 2 fully saturated rings. The number of hydrogen-bond acceptors (Lipinski definition) is 4. The number of piperidine rings is 1. The van der Waals surface area contributed by atoms with Gasteiger partial charge < -0.3 is 14.8 Å². The Hall–Kier alpha value is -1.91. The molecule has 0 unspecified atom stereocenters. The normalized spacial score (nSPS) is 29.4. The van der Waals surface area contributed by atoms with Crippen molar-refractivity contribution in [2.24, 2.45) is 11.8 Å². The molecular formula is C20H24N2O2. The molecule has 0 saturated carbocycles. The minimum Gasteiger partial charge on any atom is -0.497 e. The van der Waals surface area contributed by atoms with Crippen molar-refractivity contribution in [2.45, 2.75) is 25.0 Å². The van der Waals surface area contributed by atoms with Crippen LogP contribution < -0.4 is 10.1 Å². The fraction of sp³-hybridized carbons (Fsp3) is 0.450. The monoisotopic (exact) mass is 324 g/mol. The van der Waals surface area contributed by atoms with Gasteiger partial charge in [0.15, 0.2) is 0 Å². The highest BCUT2D eigenvalue weighted by molar-refractivity contribution is 5.84. The van der Waals surface area contributed by atoms with Crippen LogP contribution in [0.2, 0.25) is 0 Å². The summed E-state index contributed by atoms with van der Waals surface area (Å²) in [5.41, 5.74) is 2.22. The zero-order valence-corrected chi connectivity index (χ0v) is 14.1. The van der Waals surface area contributed by atoms with Gasteiger partial charge in [0, 0.05) is 18.1 Å². The van der Waals surface area contributed by atoms with E-state index in [2.05, 4.69) is 35.1 Å². The van der Waals surface area contributed by atoms with Crippen LogP contribution in [0.25, 0.3) is 10.9 Å². The Labute approximate surface area is 142 Å². The summed E-state index contributed by atoms with van der Waals surface area (Å²) in [6.45, 7) is 6.14. The summed E-state index contributed by atoms with van der Waals surface area (Å²) in [6, 6.07) is 8.11. The molecule has 0 amide bonds. The molecule has 1 aromatic heterocycles. The molecule has 2 aliphatic rings. The van der Waals surface area contributed by atoms with Crippen LogP contribution >= 0.6 is 0 Å². The van der Waals surface area contributed by atoms with E-state index in [1.165, 1.54) is 12.0 Å². The van der Waals surface area contributed by atoms with Crippen LogP contribution in [0.5, 0.6) is 5.75 Å². The molecule has 2 aliphatic heterocycles. The van der Waals surface area contributed by atoms with Gasteiger partial charge in [0.25, 0.3) is 0 Å². The first-order valence-corrected chi connectivity index (χ1v) is 8.71. The van der Waals surface area contributed by atoms with Crippen LogP contribution in [-0.4, -0.2) is 31.3 Å². The van der Waals surface area contributed by atoms with Crippen molar-refractivity contribution in [1.82, 2.24) is 10.3 Å². The highest BCUT2D eigenvalue weighted by atomic mass is 16.6. The van der Waals surface area contributed by atoms with E-state index in [1.807, 2.05) is 18.3 Å². The van der Waals surface area contributed by atoms with Crippen molar-refractivity contribution < 1.29 is 9.47 Å². The van der Waals surface area contributed by atoms with Crippen molar-refractivity contribution in [3.05, 3.63) is 48.7 Å². The molecule has 4 rings (SSSR count). The van der Waals surface area contributed by atoms with Crippen molar-refractivity contribution in [3.63, 3.8) is 0 Å². The Bertz CT molecular complexity index is 745. The Morgan fingerprint density at radius 2 is 2.33 bits per heavy atom. The molecule has 0 spiro atoms. The van der Waals surface area contributed by atoms with Gasteiger partial charge in [-0.15, -0.1) is 6.58 Å². The summed E-state index contributed by atoms with van der Waals surface area (Å²) in [4.78, 5) is 4.46. The van der Waals surface area contributed by atoms with Gasteiger partial charge in [0.1, 0.15) is 11.9 Å². The largest absolute Gasteiger partial charge is 0.497 e. The number of epoxide rings is 1. The second-order valence-electron chi connectivity index (χ2n) is 6.77. The maximum atomic E-state index is 6.06. The second-order valence-corrected chi connectivity index (χ2v) is 6.77. The number of aromatic nitrogens is 1. The first kappa shape index (κ1) is 15.6. The first-order chi connectivity index (χ1) is 11.8. The maximum absolute atomic E-state index is 6.06. The number of hydrogen-bond donors (Lipinski definition) is 1. The third kappa shape index (κ3) is 2.92. The molecule has 2 saturated heterocycles. The van der Waals surface area contributed by atoms with Gasteiger partial charge in [-0.3, -0.25) is 4.98 Å². The molecule has 0 radical (unpaired) electrons. The van der Waals surface area contributed by atoms with E-state index in [0.29, 0.717) is 17.9 Å². The summed E-state index contributed by atoms with van der Waals surface area (Å²) in [5, 5.41) is 4.59. The third-order valence-corrected chi connectivity index (χ3v) is 5.39. The maximum Gasteiger partial charge on any atom is 0.119 e. The fourth-order valence-electron chi connectivity index (χ4n) is 3.92. The van der Waals surface area contributed by atoms with Crippen molar-refractivity contribution in [2.75, 3.05) is 20.2 Å². The van der Waals surface area contributed by atoms with Crippen molar-refractivity contribution >= 4 is 10.9 Å². The van der Waals surface area contributed by atoms with Gasteiger partial charge in [-0.1, -0.05) is 6.08 Å². The summed E-state index contributed by atoms with van der Waals surface area (Å²) < 4.78 is 11.4. The Kier molecular flexibility index (Phi) is 4.25. The van der Waals surface area contributed by atoms with Crippen molar-refractivity contribution in [3.8, 4) is 5.75 Å². The number of nitrogens with one attached hydrogen (secondary N) is 1. The molecule has 2 aromatic rings. The van der Waals surface area contributed by atoms with Gasteiger partial charge in [-0.05, 0) is 61.1 Å². The molecule has 4 nitrogen and oxygen atoms in total. The number of benzene rings is 1. The molecule has 4 heteroatoms. The SMILES string of the molecule is C=C[C@H]1CNCC[C@H]1C[C@H]1O[C@@H]1c1ccnc2ccc(OC)cc12. The highest BCUT2D eigenvalue weighted by Gasteiger charge is 2.43. The van der Waals surface area contributed by atoms with E-state index in [4.69, 9.17) is 9.47 Å². The highest BCUT2D eigenvalue weighted by Crippen LogP contribution is 2.46. The lowest BCUT2D eigenvalue weighted by Crippen LogP contribution is -2.36. The lowest BCUT2D eigenvalue weighted by Gasteiger charge is -2.29. The minimum absolute atomic E-state index is 0.183. The average molecular weight is 324 g/mol. The Balaban J connectivity index is 1.53. The number of methoxy groups -OCH3 is 1. The van der Waals surface area contributed by atoms with E-state index in [9.17, 15) is 0 Å². The molecule has 4 atom stereocenters. The molecular weight excluding hydrogens is 300 g/mol. The summed E-state index contributed by atoms with van der Waals surface area (Å²) >= 11 is 0. The average Bonchev–Trinajstić information content (AvgIpc) is 3.40. The summed E-state index contributed by atoms with van der Waals surface area (Å²) in [5.74, 6) is 2.08. The van der Waals surface area contributed by atoms with Gasteiger partial charge >= 0.3 is 0 Å². The molecule has 0 bridgehead atoms. The minimum atomic E-state index is 0.183. The molecule has 1 aromatic carbocycles. The van der Waals surface area contributed by atoms with Crippen LogP contribution in [-0.2, 0) is 4.74 Å². The zero-order valence-electron chi connectivity index (χ0n) is 14.1. The molecule has 0 aliphatic carbocycles. The summed E-state index contributed by atoms with van der Waals surface area (Å²) in [6.07, 6.45) is 6.78. The number of pyridine rings is 1. The van der Waals surface area contributed by atoms with Crippen LogP contribution in [0.1, 0.15) is 24.5 Å². The van der Waals surface area contributed by atoms with E-state index in [0.717, 1.165) is 36.2 Å². The van der Waals surface area contributed by atoms with Gasteiger partial charge in [-0.25, -0.2) is 0 Å². The molecule has 1 N–H and O–H groups in total. The standard InChI is InChI=1S/C20H24N2O2/c1-3-13-12-21-8-6-14(13)10-19-20(24-19)16-7-9-22-18-5-4-15(23-2)11-17(16)18/h3-5,7,9,11,13-14,19-21H,1,6,8,10,12H2,2H3/t13-,14-,19+,20+/m0/s1. The molecule has 3 heterocycles. The van der Waals surface area contributed by atoms with Crippen LogP contribution in [0.3, 0.4) is 0 Å². The topological polar surface area (TPSA) is 46.7 Å². The Morgan fingerprint density at radius 1 is 1.42 bits per heavy atom. The smallest absolute Gasteiger partial charge is 0.119 e.